The van der Waals surface area contributed by atoms with E-state index in [0.29, 0.717) is 13.2 Å². The first-order valence-electron chi connectivity index (χ1n) is 5.20. The van der Waals surface area contributed by atoms with E-state index in [2.05, 4.69) is 15.7 Å². The number of carbonyl (C=O) groups is 1. The van der Waals surface area contributed by atoms with Gasteiger partial charge in [0.1, 0.15) is 0 Å². The van der Waals surface area contributed by atoms with Crippen molar-refractivity contribution >= 4 is 11.6 Å². The van der Waals surface area contributed by atoms with Crippen LogP contribution in [0.5, 0.6) is 0 Å². The minimum atomic E-state index is -0.0278. The van der Waals surface area contributed by atoms with Crippen molar-refractivity contribution in [2.75, 3.05) is 32.1 Å². The van der Waals surface area contributed by atoms with Crippen LogP contribution in [0.4, 0.5) is 5.69 Å². The van der Waals surface area contributed by atoms with Gasteiger partial charge < -0.3 is 15.4 Å². The number of ether oxygens (including phenoxy) is 1. The van der Waals surface area contributed by atoms with Crippen molar-refractivity contribution in [1.82, 2.24) is 15.1 Å². The Morgan fingerprint density at radius 3 is 3.06 bits per heavy atom. The summed E-state index contributed by atoms with van der Waals surface area (Å²) in [7, 11) is 3.47. The summed E-state index contributed by atoms with van der Waals surface area (Å²) in [5.74, 6) is -0.0278. The van der Waals surface area contributed by atoms with Gasteiger partial charge >= 0.3 is 0 Å². The highest BCUT2D eigenvalue weighted by Crippen LogP contribution is 2.01. The molecule has 1 amide bonds. The standard InChI is InChI=1S/C10H18N4O2/c1-14-8-9(6-13-14)12-7-10(15)11-4-3-5-16-2/h6,8,12H,3-5,7H2,1-2H3,(H,11,15). The quantitative estimate of drug-likeness (QED) is 0.641. The first kappa shape index (κ1) is 12.5. The topological polar surface area (TPSA) is 68.2 Å². The number of carbonyl (C=O) groups excluding carboxylic acids is 1. The number of hydrogen-bond donors (Lipinski definition) is 2. The minimum absolute atomic E-state index is 0.0278. The highest BCUT2D eigenvalue weighted by molar-refractivity contribution is 5.80. The lowest BCUT2D eigenvalue weighted by molar-refractivity contribution is -0.119. The maximum atomic E-state index is 11.3. The van der Waals surface area contributed by atoms with Crippen LogP contribution < -0.4 is 10.6 Å². The first-order valence-corrected chi connectivity index (χ1v) is 5.20. The molecule has 0 aromatic carbocycles. The second-order valence-electron chi connectivity index (χ2n) is 3.45. The van der Waals surface area contributed by atoms with Crippen molar-refractivity contribution < 1.29 is 9.53 Å². The largest absolute Gasteiger partial charge is 0.385 e. The highest BCUT2D eigenvalue weighted by Gasteiger charge is 2.01. The Hall–Kier alpha value is -1.56. The van der Waals surface area contributed by atoms with Crippen molar-refractivity contribution in [2.45, 2.75) is 6.42 Å². The summed E-state index contributed by atoms with van der Waals surface area (Å²) >= 11 is 0. The van der Waals surface area contributed by atoms with Gasteiger partial charge in [0, 0.05) is 33.5 Å². The van der Waals surface area contributed by atoms with E-state index in [0.717, 1.165) is 12.1 Å². The zero-order valence-electron chi connectivity index (χ0n) is 9.69. The number of rotatable bonds is 7. The van der Waals surface area contributed by atoms with Crippen molar-refractivity contribution in [3.63, 3.8) is 0 Å². The number of aryl methyl sites for hydroxylation is 1. The Kier molecular flexibility index (Phi) is 5.35. The average Bonchev–Trinajstić information content (AvgIpc) is 2.68. The molecule has 0 aliphatic heterocycles. The molecule has 0 radical (unpaired) electrons. The summed E-state index contributed by atoms with van der Waals surface area (Å²) in [6.45, 7) is 1.57. The number of anilines is 1. The van der Waals surface area contributed by atoms with Gasteiger partial charge in [-0.3, -0.25) is 9.48 Å². The van der Waals surface area contributed by atoms with Crippen molar-refractivity contribution in [3.05, 3.63) is 12.4 Å². The van der Waals surface area contributed by atoms with Gasteiger partial charge in [-0.25, -0.2) is 0 Å². The summed E-state index contributed by atoms with van der Waals surface area (Å²) < 4.78 is 6.56. The molecule has 90 valence electrons. The number of nitrogens with one attached hydrogen (secondary N) is 2. The molecule has 0 atom stereocenters. The summed E-state index contributed by atoms with van der Waals surface area (Å²) in [5, 5.41) is 9.75. The van der Waals surface area contributed by atoms with E-state index in [1.807, 2.05) is 13.2 Å². The third-order valence-corrected chi connectivity index (χ3v) is 2.01. The number of aromatic nitrogens is 2. The van der Waals surface area contributed by atoms with E-state index in [4.69, 9.17) is 4.74 Å². The molecule has 1 heterocycles. The van der Waals surface area contributed by atoms with Crippen LogP contribution in [0.15, 0.2) is 12.4 Å². The average molecular weight is 226 g/mol. The number of methoxy groups -OCH3 is 1. The predicted molar refractivity (Wildman–Crippen MR) is 61.2 cm³/mol. The van der Waals surface area contributed by atoms with Gasteiger partial charge in [-0.1, -0.05) is 0 Å². The van der Waals surface area contributed by atoms with Crippen LogP contribution in [0.1, 0.15) is 6.42 Å². The van der Waals surface area contributed by atoms with E-state index in [1.54, 1.807) is 18.0 Å². The number of amides is 1. The normalized spacial score (nSPS) is 10.1. The van der Waals surface area contributed by atoms with Crippen LogP contribution in [-0.2, 0) is 16.6 Å². The monoisotopic (exact) mass is 226 g/mol. The van der Waals surface area contributed by atoms with E-state index >= 15 is 0 Å². The minimum Gasteiger partial charge on any atom is -0.385 e. The molecule has 0 fully saturated rings. The van der Waals surface area contributed by atoms with Crippen LogP contribution in [0.2, 0.25) is 0 Å². The first-order chi connectivity index (χ1) is 7.72. The van der Waals surface area contributed by atoms with E-state index in [-0.39, 0.29) is 12.5 Å². The fourth-order valence-electron chi connectivity index (χ4n) is 1.20. The van der Waals surface area contributed by atoms with Gasteiger partial charge in [0.05, 0.1) is 18.4 Å². The zero-order chi connectivity index (χ0) is 11.8. The second kappa shape index (κ2) is 6.84. The van der Waals surface area contributed by atoms with Crippen molar-refractivity contribution in [1.29, 1.82) is 0 Å². The molecule has 1 aromatic rings. The van der Waals surface area contributed by atoms with Gasteiger partial charge in [-0.2, -0.15) is 5.10 Å². The molecule has 2 N–H and O–H groups in total. The molecule has 6 nitrogen and oxygen atoms in total. The lowest BCUT2D eigenvalue weighted by atomic mass is 10.4. The Balaban J connectivity index is 2.10. The zero-order valence-corrected chi connectivity index (χ0v) is 9.69. The predicted octanol–water partition coefficient (Wildman–Crippen LogP) is -0.0153. The van der Waals surface area contributed by atoms with Crippen molar-refractivity contribution in [3.8, 4) is 0 Å². The fourth-order valence-corrected chi connectivity index (χ4v) is 1.20. The van der Waals surface area contributed by atoms with Crippen LogP contribution in [-0.4, -0.2) is 42.5 Å². The van der Waals surface area contributed by atoms with E-state index in [1.165, 1.54) is 0 Å². The van der Waals surface area contributed by atoms with Crippen LogP contribution in [0, 0.1) is 0 Å². The van der Waals surface area contributed by atoms with Gasteiger partial charge in [0.25, 0.3) is 0 Å². The van der Waals surface area contributed by atoms with Gasteiger partial charge in [-0.05, 0) is 6.42 Å². The van der Waals surface area contributed by atoms with E-state index < -0.39 is 0 Å². The molecule has 6 heteroatoms. The third-order valence-electron chi connectivity index (χ3n) is 2.01. The number of nitrogens with zero attached hydrogens (tertiary/aromatic N) is 2. The smallest absolute Gasteiger partial charge is 0.239 e. The fraction of sp³-hybridized carbons (Fsp3) is 0.600. The van der Waals surface area contributed by atoms with Crippen LogP contribution >= 0.6 is 0 Å². The molecular formula is C10H18N4O2. The molecule has 1 rings (SSSR count). The van der Waals surface area contributed by atoms with E-state index in [9.17, 15) is 4.79 Å². The molecule has 0 saturated carbocycles. The van der Waals surface area contributed by atoms with Gasteiger partial charge in [0.2, 0.25) is 5.91 Å². The molecule has 0 unspecified atom stereocenters. The Morgan fingerprint density at radius 2 is 2.44 bits per heavy atom. The van der Waals surface area contributed by atoms with Gasteiger partial charge in [-0.15, -0.1) is 0 Å². The lowest BCUT2D eigenvalue weighted by Crippen LogP contribution is -2.30. The summed E-state index contributed by atoms with van der Waals surface area (Å²) in [5.41, 5.74) is 0.842. The molecule has 0 spiro atoms. The molecule has 0 bridgehead atoms. The Bertz CT molecular complexity index is 324. The van der Waals surface area contributed by atoms with Crippen molar-refractivity contribution in [2.24, 2.45) is 7.05 Å². The molecule has 0 aliphatic carbocycles. The summed E-state index contributed by atoms with van der Waals surface area (Å²) in [6, 6.07) is 0. The third kappa shape index (κ3) is 4.79. The Labute approximate surface area is 95.0 Å². The maximum absolute atomic E-state index is 11.3. The highest BCUT2D eigenvalue weighted by atomic mass is 16.5. The maximum Gasteiger partial charge on any atom is 0.239 e. The molecule has 0 aliphatic rings. The summed E-state index contributed by atoms with van der Waals surface area (Å²) in [4.78, 5) is 11.3. The number of hydrogen-bond acceptors (Lipinski definition) is 4. The molecule has 0 saturated heterocycles. The lowest BCUT2D eigenvalue weighted by Gasteiger charge is -2.05. The molecular weight excluding hydrogens is 208 g/mol. The van der Waals surface area contributed by atoms with Crippen LogP contribution in [0.25, 0.3) is 0 Å². The SMILES string of the molecule is COCCCNC(=O)CNc1cnn(C)c1. The van der Waals surface area contributed by atoms with Crippen LogP contribution in [0.3, 0.4) is 0 Å². The molecule has 1 aromatic heterocycles. The molecule has 16 heavy (non-hydrogen) atoms. The second-order valence-corrected chi connectivity index (χ2v) is 3.45. The van der Waals surface area contributed by atoms with Gasteiger partial charge in [0.15, 0.2) is 0 Å². The Morgan fingerprint density at radius 1 is 1.62 bits per heavy atom. The summed E-state index contributed by atoms with van der Waals surface area (Å²) in [6.07, 6.45) is 4.32.